The van der Waals surface area contributed by atoms with Crippen molar-refractivity contribution in [3.05, 3.63) is 12.2 Å². The normalized spacial score (nSPS) is 61.3. The van der Waals surface area contributed by atoms with Gasteiger partial charge in [-0.2, -0.15) is 0 Å². The number of allylic oxidation sites excluding steroid dienone is 2. The van der Waals surface area contributed by atoms with Crippen molar-refractivity contribution in [2.45, 2.75) is 87.7 Å². The molecule has 0 radical (unpaired) electrons. The van der Waals surface area contributed by atoms with E-state index in [0.717, 1.165) is 0 Å². The molecule has 5 bridgehead atoms. The minimum absolute atomic E-state index is 0.0980. The average Bonchev–Trinajstić information content (AvgIpc) is 3.17. The van der Waals surface area contributed by atoms with Crippen LogP contribution in [-0.2, 0) is 38.1 Å². The molecule has 0 aromatic rings. The van der Waals surface area contributed by atoms with Gasteiger partial charge in [-0.25, -0.2) is 4.79 Å². The lowest BCUT2D eigenvalue weighted by Gasteiger charge is -2.63. The van der Waals surface area contributed by atoms with Crippen molar-refractivity contribution in [1.29, 1.82) is 0 Å². The molecular formula is C28H32O10. The molecule has 4 unspecified atom stereocenters. The zero-order valence-corrected chi connectivity index (χ0v) is 21.6. The van der Waals surface area contributed by atoms with Crippen molar-refractivity contribution in [3.8, 4) is 0 Å². The summed E-state index contributed by atoms with van der Waals surface area (Å²) >= 11 is 0. The molecule has 0 aromatic heterocycles. The fourth-order valence-electron chi connectivity index (χ4n) is 10.6. The van der Waals surface area contributed by atoms with Crippen LogP contribution >= 0.6 is 0 Å². The molecule has 5 heterocycles. The summed E-state index contributed by atoms with van der Waals surface area (Å²) in [5, 5.41) is 23.8. The van der Waals surface area contributed by atoms with Crippen molar-refractivity contribution < 1.29 is 48.3 Å². The van der Waals surface area contributed by atoms with Crippen molar-refractivity contribution in [1.82, 2.24) is 0 Å². The lowest BCUT2D eigenvalue weighted by Crippen LogP contribution is -2.79. The molecule has 2 spiro atoms. The number of carbonyl (C=O) groups excluding carboxylic acids is 4. The van der Waals surface area contributed by atoms with Crippen molar-refractivity contribution in [3.63, 3.8) is 0 Å². The second-order valence-corrected chi connectivity index (χ2v) is 13.6. The minimum atomic E-state index is -2.22. The van der Waals surface area contributed by atoms with Crippen LogP contribution in [-0.4, -0.2) is 75.1 Å². The molecule has 3 aliphatic carbocycles. The number of hydrogen-bond donors (Lipinski definition) is 2. The summed E-state index contributed by atoms with van der Waals surface area (Å²) in [6.45, 7) is 5.08. The molecule has 0 amide bonds. The molecule has 10 nitrogen and oxygen atoms in total. The van der Waals surface area contributed by atoms with Crippen LogP contribution < -0.4 is 0 Å². The number of hydrogen-bond acceptors (Lipinski definition) is 10. The lowest BCUT2D eigenvalue weighted by atomic mass is 9.46. The summed E-state index contributed by atoms with van der Waals surface area (Å²) in [5.41, 5.74) is -7.78. The van der Waals surface area contributed by atoms with E-state index in [0.29, 0.717) is 6.42 Å². The fourth-order valence-corrected chi connectivity index (χ4v) is 10.6. The third-order valence-corrected chi connectivity index (χ3v) is 12.5. The number of ether oxygens (including phenoxy) is 4. The Bertz CT molecular complexity index is 1280. The maximum Gasteiger partial charge on any atom is 0.342 e. The Morgan fingerprint density at radius 3 is 2.58 bits per heavy atom. The molecule has 8 rings (SSSR count). The first-order chi connectivity index (χ1) is 17.8. The van der Waals surface area contributed by atoms with Crippen molar-refractivity contribution in [2.24, 2.45) is 40.4 Å². The molecular weight excluding hydrogens is 496 g/mol. The molecule has 2 saturated carbocycles. The largest absolute Gasteiger partial charge is 0.458 e. The van der Waals surface area contributed by atoms with Gasteiger partial charge in [0.25, 0.3) is 0 Å². The van der Waals surface area contributed by atoms with Gasteiger partial charge in [-0.3, -0.25) is 14.4 Å². The molecule has 2 N–H and O–H groups in total. The SMILES string of the molecule is C[C@]12C(=O)C=CCC1[C@@H](O)CC1C2CC[C@@]2(O)C(=O)O[C@@]3(C)[C@H]4C[C@@]5(C)C6C(=O)[C@]1(OC[C@H]5C(=O)O4)O[C@]623. The van der Waals surface area contributed by atoms with E-state index in [9.17, 15) is 29.4 Å². The van der Waals surface area contributed by atoms with Gasteiger partial charge < -0.3 is 29.2 Å². The van der Waals surface area contributed by atoms with Crippen LogP contribution in [0.15, 0.2) is 12.2 Å². The Kier molecular flexibility index (Phi) is 4.01. The Morgan fingerprint density at radius 1 is 1.05 bits per heavy atom. The molecule has 8 aliphatic rings. The Hall–Kier alpha value is -2.14. The molecule has 204 valence electrons. The Balaban J connectivity index is 1.42. The van der Waals surface area contributed by atoms with E-state index in [1.807, 2.05) is 13.8 Å². The van der Waals surface area contributed by atoms with E-state index in [1.165, 1.54) is 6.08 Å². The standard InChI is InChI=1S/C28H32O10/c1-23-10-18-25(3)28-19(23)20(31)27(38-28,35-11-15(23)21(32)36-18)14-9-16(29)13-5-4-6-17(30)24(13,2)12(14)7-8-26(28,34)22(33)37-25/h4,6,12-16,18-19,29,34H,5,7-11H2,1-3H3/t12?,13?,14?,15-,16-,18+,19?,23+,24+,25-,26+,27+,28-/m0/s1. The number of fused-ring (bicyclic) bond motifs is 5. The highest BCUT2D eigenvalue weighted by molar-refractivity contribution is 6.00. The number of ketones is 2. The molecule has 5 saturated heterocycles. The Morgan fingerprint density at radius 2 is 1.82 bits per heavy atom. The zero-order chi connectivity index (χ0) is 26.8. The molecule has 5 aliphatic heterocycles. The maximum atomic E-state index is 14.9. The van der Waals surface area contributed by atoms with Gasteiger partial charge in [-0.05, 0) is 56.4 Å². The smallest absolute Gasteiger partial charge is 0.342 e. The van der Waals surface area contributed by atoms with Crippen LogP contribution in [0.3, 0.4) is 0 Å². The van der Waals surface area contributed by atoms with Crippen molar-refractivity contribution in [2.75, 3.05) is 6.61 Å². The van der Waals surface area contributed by atoms with Gasteiger partial charge in [-0.15, -0.1) is 0 Å². The van der Waals surface area contributed by atoms with Crippen LogP contribution in [0.5, 0.6) is 0 Å². The number of aliphatic hydroxyl groups is 2. The predicted molar refractivity (Wildman–Crippen MR) is 124 cm³/mol. The molecule has 7 fully saturated rings. The monoisotopic (exact) mass is 528 g/mol. The number of esters is 2. The van der Waals surface area contributed by atoms with Crippen LogP contribution in [0.2, 0.25) is 0 Å². The molecule has 38 heavy (non-hydrogen) atoms. The predicted octanol–water partition coefficient (Wildman–Crippen LogP) is 0.608. The Labute approximate surface area is 219 Å². The summed E-state index contributed by atoms with van der Waals surface area (Å²) in [4.78, 5) is 55.4. The highest BCUT2D eigenvalue weighted by atomic mass is 16.8. The summed E-state index contributed by atoms with van der Waals surface area (Å²) < 4.78 is 25.0. The lowest BCUT2D eigenvalue weighted by molar-refractivity contribution is -0.378. The van der Waals surface area contributed by atoms with E-state index in [-0.39, 0.29) is 44.0 Å². The quantitative estimate of drug-likeness (QED) is 0.429. The van der Waals surface area contributed by atoms with Gasteiger partial charge in [0.15, 0.2) is 28.4 Å². The van der Waals surface area contributed by atoms with E-state index >= 15 is 0 Å². The molecule has 0 aromatic carbocycles. The van der Waals surface area contributed by atoms with Gasteiger partial charge in [0.05, 0.1) is 24.5 Å². The first-order valence-corrected chi connectivity index (χ1v) is 13.7. The summed E-state index contributed by atoms with van der Waals surface area (Å²) in [6.07, 6.45) is 2.52. The van der Waals surface area contributed by atoms with Crippen LogP contribution in [0.25, 0.3) is 0 Å². The fraction of sp³-hybridized carbons (Fsp3) is 0.786. The third-order valence-electron chi connectivity index (χ3n) is 12.5. The number of carbonyl (C=O) groups is 4. The first kappa shape index (κ1) is 23.7. The summed E-state index contributed by atoms with van der Waals surface area (Å²) in [6, 6.07) is 0. The van der Waals surface area contributed by atoms with E-state index in [2.05, 4.69) is 0 Å². The average molecular weight is 529 g/mol. The number of rotatable bonds is 0. The van der Waals surface area contributed by atoms with Gasteiger partial charge in [-0.1, -0.05) is 19.9 Å². The van der Waals surface area contributed by atoms with Gasteiger partial charge >= 0.3 is 11.9 Å². The van der Waals surface area contributed by atoms with Crippen LogP contribution in [0.4, 0.5) is 0 Å². The second kappa shape index (κ2) is 6.43. The van der Waals surface area contributed by atoms with Crippen molar-refractivity contribution >= 4 is 23.5 Å². The summed E-state index contributed by atoms with van der Waals surface area (Å²) in [5.74, 6) is -7.56. The highest BCUT2D eigenvalue weighted by Gasteiger charge is 2.93. The van der Waals surface area contributed by atoms with Crippen LogP contribution in [0.1, 0.15) is 52.9 Å². The minimum Gasteiger partial charge on any atom is -0.458 e. The van der Waals surface area contributed by atoms with Gasteiger partial charge in [0.2, 0.25) is 5.79 Å². The second-order valence-electron chi connectivity index (χ2n) is 13.6. The molecule has 10 heteroatoms. The maximum absolute atomic E-state index is 14.9. The third kappa shape index (κ3) is 2.04. The van der Waals surface area contributed by atoms with E-state index in [4.69, 9.17) is 18.9 Å². The van der Waals surface area contributed by atoms with E-state index in [1.54, 1.807) is 13.0 Å². The van der Waals surface area contributed by atoms with Gasteiger partial charge in [0, 0.05) is 17.3 Å². The van der Waals surface area contributed by atoms with Crippen LogP contribution in [0, 0.1) is 40.4 Å². The summed E-state index contributed by atoms with van der Waals surface area (Å²) in [7, 11) is 0. The van der Waals surface area contributed by atoms with Gasteiger partial charge in [0.1, 0.15) is 6.10 Å². The number of Topliss-reactive ketones (excluding diaryl/α,β-unsaturated/α-hetero) is 1. The highest BCUT2D eigenvalue weighted by Crippen LogP contribution is 2.75. The molecule has 13 atom stereocenters. The topological polar surface area (TPSA) is 146 Å². The zero-order valence-electron chi connectivity index (χ0n) is 21.6. The number of aliphatic hydroxyl groups excluding tert-OH is 1. The first-order valence-electron chi connectivity index (χ1n) is 13.7. The van der Waals surface area contributed by atoms with E-state index < -0.39 is 87.0 Å².